The van der Waals surface area contributed by atoms with Crippen LogP contribution < -0.4 is 11.1 Å². The first-order valence-electron chi connectivity index (χ1n) is 6.84. The van der Waals surface area contributed by atoms with Gasteiger partial charge in [-0.2, -0.15) is 0 Å². The van der Waals surface area contributed by atoms with Crippen molar-refractivity contribution >= 4 is 17.3 Å². The van der Waals surface area contributed by atoms with Gasteiger partial charge in [-0.3, -0.25) is 0 Å². The summed E-state index contributed by atoms with van der Waals surface area (Å²) in [6.07, 6.45) is 3.78. The van der Waals surface area contributed by atoms with Crippen molar-refractivity contribution < 1.29 is 9.53 Å². The predicted octanol–water partition coefficient (Wildman–Crippen LogP) is 3.05. The molecule has 1 aromatic carbocycles. The second kappa shape index (κ2) is 5.51. The van der Waals surface area contributed by atoms with E-state index in [4.69, 9.17) is 10.5 Å². The molecule has 0 radical (unpaired) electrons. The summed E-state index contributed by atoms with van der Waals surface area (Å²) in [4.78, 5) is 11.9. The first-order chi connectivity index (χ1) is 9.04. The summed E-state index contributed by atoms with van der Waals surface area (Å²) in [5.41, 5.74) is 8.00. The lowest BCUT2D eigenvalue weighted by Gasteiger charge is -2.38. The highest BCUT2D eigenvalue weighted by Gasteiger charge is 2.31. The van der Waals surface area contributed by atoms with Crippen LogP contribution in [0.15, 0.2) is 18.2 Å². The highest BCUT2D eigenvalue weighted by atomic mass is 16.5. The maximum absolute atomic E-state index is 11.9. The molecule has 0 bridgehead atoms. The summed E-state index contributed by atoms with van der Waals surface area (Å²) >= 11 is 0. The Morgan fingerprint density at radius 3 is 2.79 bits per heavy atom. The molecule has 1 aromatic rings. The molecule has 1 fully saturated rings. The summed E-state index contributed by atoms with van der Waals surface area (Å²) in [7, 11) is 0. The number of hydrogen-bond donors (Lipinski definition) is 2. The normalized spacial score (nSPS) is 16.5. The molecule has 1 aliphatic rings. The first-order valence-corrected chi connectivity index (χ1v) is 6.84. The summed E-state index contributed by atoms with van der Waals surface area (Å²) in [5, 5.41) is 3.37. The lowest BCUT2D eigenvalue weighted by Crippen LogP contribution is -2.33. The number of benzene rings is 1. The number of nitrogens with two attached hydrogens (primary N) is 1. The van der Waals surface area contributed by atoms with Gasteiger partial charge in [-0.05, 0) is 43.4 Å². The summed E-state index contributed by atoms with van der Waals surface area (Å²) in [5.74, 6) is -0.323. The standard InChI is InChI=1S/C15H22N2O2/c1-3-19-14(18)12-9-11(16)5-6-13(12)17-10-15(2)7-4-8-15/h5-6,9,17H,3-4,7-8,10,16H2,1-2H3. The highest BCUT2D eigenvalue weighted by Crippen LogP contribution is 2.40. The molecule has 2 rings (SSSR count). The molecule has 0 unspecified atom stereocenters. The fourth-order valence-electron chi connectivity index (χ4n) is 2.36. The van der Waals surface area contributed by atoms with Gasteiger partial charge in [0.15, 0.2) is 0 Å². The second-order valence-corrected chi connectivity index (χ2v) is 5.54. The zero-order valence-corrected chi connectivity index (χ0v) is 11.7. The molecule has 1 aliphatic carbocycles. The van der Waals surface area contributed by atoms with E-state index >= 15 is 0 Å². The molecule has 0 aromatic heterocycles. The predicted molar refractivity (Wildman–Crippen MR) is 77.3 cm³/mol. The Hall–Kier alpha value is -1.71. The summed E-state index contributed by atoms with van der Waals surface area (Å²) in [6.45, 7) is 5.31. The number of carbonyl (C=O) groups excluding carboxylic acids is 1. The van der Waals surface area contributed by atoms with Crippen molar-refractivity contribution in [2.24, 2.45) is 5.41 Å². The molecule has 0 heterocycles. The molecule has 0 saturated heterocycles. The Morgan fingerprint density at radius 2 is 2.21 bits per heavy atom. The Balaban J connectivity index is 2.12. The maximum Gasteiger partial charge on any atom is 0.340 e. The number of nitrogens with one attached hydrogen (secondary N) is 1. The molecule has 3 N–H and O–H groups in total. The molecular formula is C15H22N2O2. The van der Waals surface area contributed by atoms with Gasteiger partial charge in [-0.1, -0.05) is 13.3 Å². The minimum absolute atomic E-state index is 0.323. The fraction of sp³-hybridized carbons (Fsp3) is 0.533. The van der Waals surface area contributed by atoms with Gasteiger partial charge in [-0.15, -0.1) is 0 Å². The van der Waals surface area contributed by atoms with Gasteiger partial charge in [0.05, 0.1) is 12.2 Å². The van der Waals surface area contributed by atoms with Gasteiger partial charge in [0.1, 0.15) is 0 Å². The molecule has 1 saturated carbocycles. The topological polar surface area (TPSA) is 64.3 Å². The van der Waals surface area contributed by atoms with Crippen molar-refractivity contribution in [2.75, 3.05) is 24.2 Å². The van der Waals surface area contributed by atoms with E-state index in [0.29, 0.717) is 23.3 Å². The van der Waals surface area contributed by atoms with Crippen molar-refractivity contribution in [3.05, 3.63) is 23.8 Å². The minimum atomic E-state index is -0.323. The summed E-state index contributed by atoms with van der Waals surface area (Å²) < 4.78 is 5.06. The van der Waals surface area contributed by atoms with E-state index in [-0.39, 0.29) is 5.97 Å². The minimum Gasteiger partial charge on any atom is -0.462 e. The van der Waals surface area contributed by atoms with E-state index in [2.05, 4.69) is 12.2 Å². The molecule has 19 heavy (non-hydrogen) atoms. The van der Waals surface area contributed by atoms with E-state index in [1.807, 2.05) is 6.07 Å². The Morgan fingerprint density at radius 1 is 1.47 bits per heavy atom. The van der Waals surface area contributed by atoms with Crippen molar-refractivity contribution in [3.63, 3.8) is 0 Å². The Labute approximate surface area is 114 Å². The van der Waals surface area contributed by atoms with Crippen LogP contribution in [0, 0.1) is 5.41 Å². The molecule has 0 amide bonds. The monoisotopic (exact) mass is 262 g/mol. The van der Waals surface area contributed by atoms with Crippen LogP contribution in [0.1, 0.15) is 43.5 Å². The third kappa shape index (κ3) is 3.19. The summed E-state index contributed by atoms with van der Waals surface area (Å²) in [6, 6.07) is 5.32. The number of rotatable bonds is 5. The number of ether oxygens (including phenoxy) is 1. The van der Waals surface area contributed by atoms with Crippen LogP contribution in [0.4, 0.5) is 11.4 Å². The van der Waals surface area contributed by atoms with Gasteiger partial charge in [0.2, 0.25) is 0 Å². The fourth-order valence-corrected chi connectivity index (χ4v) is 2.36. The van der Waals surface area contributed by atoms with E-state index in [9.17, 15) is 4.79 Å². The third-order valence-electron chi connectivity index (χ3n) is 3.81. The lowest BCUT2D eigenvalue weighted by atomic mass is 9.70. The Kier molecular flexibility index (Phi) is 3.98. The van der Waals surface area contributed by atoms with Crippen LogP contribution >= 0.6 is 0 Å². The van der Waals surface area contributed by atoms with Gasteiger partial charge < -0.3 is 15.8 Å². The van der Waals surface area contributed by atoms with Crippen LogP contribution in [-0.4, -0.2) is 19.1 Å². The lowest BCUT2D eigenvalue weighted by molar-refractivity contribution is 0.0527. The van der Waals surface area contributed by atoms with Crippen LogP contribution in [0.5, 0.6) is 0 Å². The molecule has 0 spiro atoms. The second-order valence-electron chi connectivity index (χ2n) is 5.54. The van der Waals surface area contributed by atoms with E-state index in [1.54, 1.807) is 19.1 Å². The van der Waals surface area contributed by atoms with E-state index in [1.165, 1.54) is 19.3 Å². The molecule has 104 valence electrons. The first kappa shape index (κ1) is 13.7. The van der Waals surface area contributed by atoms with Gasteiger partial charge in [-0.25, -0.2) is 4.79 Å². The van der Waals surface area contributed by atoms with Gasteiger partial charge in [0.25, 0.3) is 0 Å². The average Bonchev–Trinajstić information content (AvgIpc) is 2.35. The van der Waals surface area contributed by atoms with Crippen LogP contribution in [0.3, 0.4) is 0 Å². The van der Waals surface area contributed by atoms with Crippen molar-refractivity contribution in [1.82, 2.24) is 0 Å². The third-order valence-corrected chi connectivity index (χ3v) is 3.81. The van der Waals surface area contributed by atoms with Gasteiger partial charge in [0, 0.05) is 17.9 Å². The molecule has 4 heteroatoms. The van der Waals surface area contributed by atoms with E-state index in [0.717, 1.165) is 12.2 Å². The number of carbonyl (C=O) groups is 1. The molecule has 0 atom stereocenters. The Bertz CT molecular complexity index is 467. The van der Waals surface area contributed by atoms with Crippen LogP contribution in [0.25, 0.3) is 0 Å². The van der Waals surface area contributed by atoms with E-state index < -0.39 is 0 Å². The van der Waals surface area contributed by atoms with Gasteiger partial charge >= 0.3 is 5.97 Å². The van der Waals surface area contributed by atoms with Crippen molar-refractivity contribution in [2.45, 2.75) is 33.1 Å². The number of hydrogen-bond acceptors (Lipinski definition) is 4. The number of nitrogen functional groups attached to an aromatic ring is 1. The number of esters is 1. The average molecular weight is 262 g/mol. The van der Waals surface area contributed by atoms with Crippen molar-refractivity contribution in [1.29, 1.82) is 0 Å². The quantitative estimate of drug-likeness (QED) is 0.632. The van der Waals surface area contributed by atoms with Crippen molar-refractivity contribution in [3.8, 4) is 0 Å². The zero-order valence-electron chi connectivity index (χ0n) is 11.7. The zero-order chi connectivity index (χ0) is 13.9. The largest absolute Gasteiger partial charge is 0.462 e. The number of anilines is 2. The maximum atomic E-state index is 11.9. The van der Waals surface area contributed by atoms with Crippen LogP contribution in [-0.2, 0) is 4.74 Å². The molecule has 4 nitrogen and oxygen atoms in total. The highest BCUT2D eigenvalue weighted by molar-refractivity contribution is 5.96. The molecular weight excluding hydrogens is 240 g/mol. The van der Waals surface area contributed by atoms with Crippen LogP contribution in [0.2, 0.25) is 0 Å². The SMILES string of the molecule is CCOC(=O)c1cc(N)ccc1NCC1(C)CCC1. The molecule has 0 aliphatic heterocycles. The smallest absolute Gasteiger partial charge is 0.340 e.